The maximum atomic E-state index is 8.73. The molecule has 0 unspecified atom stereocenters. The van der Waals surface area contributed by atoms with Crippen LogP contribution in [0.5, 0.6) is 0 Å². The fourth-order valence-corrected chi connectivity index (χ4v) is 1.92. The Morgan fingerprint density at radius 1 is 1.39 bits per heavy atom. The highest BCUT2D eigenvalue weighted by Gasteiger charge is 2.17. The van der Waals surface area contributed by atoms with Crippen LogP contribution in [0.2, 0.25) is 5.15 Å². The Bertz CT molecular complexity index is 451. The number of hydrogen-bond acceptors (Lipinski definition) is 4. The van der Waals surface area contributed by atoms with E-state index < -0.39 is 0 Å². The van der Waals surface area contributed by atoms with Crippen LogP contribution in [0.4, 0.5) is 5.82 Å². The zero-order valence-corrected chi connectivity index (χ0v) is 12.1. The Kier molecular flexibility index (Phi) is 5.36. The molecule has 1 rings (SSSR count). The fraction of sp³-hybridized carbons (Fsp3) is 0.615. The summed E-state index contributed by atoms with van der Waals surface area (Å²) >= 11 is 6.14. The smallest absolute Gasteiger partial charge is 0.137 e. The molecule has 98 valence electrons. The van der Waals surface area contributed by atoms with E-state index in [9.17, 15) is 0 Å². The Morgan fingerprint density at radius 2 is 2.06 bits per heavy atom. The molecular formula is C13H19ClN4. The van der Waals surface area contributed by atoms with E-state index in [0.717, 1.165) is 23.6 Å². The molecule has 0 radical (unpaired) electrons. The molecule has 0 aliphatic carbocycles. The molecule has 0 saturated heterocycles. The highest BCUT2D eigenvalue weighted by atomic mass is 35.5. The third-order valence-electron chi connectivity index (χ3n) is 2.78. The van der Waals surface area contributed by atoms with Crippen molar-refractivity contribution in [3.05, 3.63) is 16.5 Å². The average Bonchev–Trinajstić information content (AvgIpc) is 2.34. The van der Waals surface area contributed by atoms with Gasteiger partial charge in [-0.15, -0.1) is 0 Å². The van der Waals surface area contributed by atoms with Crippen LogP contribution in [-0.2, 0) is 6.42 Å². The third-order valence-corrected chi connectivity index (χ3v) is 3.15. The molecule has 0 aliphatic heterocycles. The molecule has 0 amide bonds. The number of nitriles is 1. The van der Waals surface area contributed by atoms with Gasteiger partial charge in [0.15, 0.2) is 0 Å². The molecule has 18 heavy (non-hydrogen) atoms. The maximum absolute atomic E-state index is 8.73. The molecule has 1 aromatic heterocycles. The molecule has 0 saturated carbocycles. The first kappa shape index (κ1) is 14.7. The summed E-state index contributed by atoms with van der Waals surface area (Å²) in [7, 11) is 0. The second-order valence-electron chi connectivity index (χ2n) is 4.43. The predicted molar refractivity (Wildman–Crippen MR) is 73.9 cm³/mol. The minimum absolute atomic E-state index is 0.271. The second kappa shape index (κ2) is 6.55. The standard InChI is InChI=1S/C13H19ClN4/c1-5-11-16-12(14)10(4)13(17-11)18(9(2)3)8-6-7-15/h9H,5-6,8H2,1-4H3. The second-order valence-corrected chi connectivity index (χ2v) is 4.79. The quantitative estimate of drug-likeness (QED) is 0.769. The van der Waals surface area contributed by atoms with Gasteiger partial charge in [-0.25, -0.2) is 9.97 Å². The van der Waals surface area contributed by atoms with Gasteiger partial charge in [0, 0.05) is 24.6 Å². The number of hydrogen-bond donors (Lipinski definition) is 0. The highest BCUT2D eigenvalue weighted by molar-refractivity contribution is 6.30. The number of rotatable bonds is 5. The molecule has 4 nitrogen and oxygen atoms in total. The topological polar surface area (TPSA) is 52.8 Å². The summed E-state index contributed by atoms with van der Waals surface area (Å²) in [4.78, 5) is 10.9. The van der Waals surface area contributed by atoms with Crippen LogP contribution in [0.1, 0.15) is 38.6 Å². The van der Waals surface area contributed by atoms with Gasteiger partial charge >= 0.3 is 0 Å². The Hall–Kier alpha value is -1.34. The summed E-state index contributed by atoms with van der Waals surface area (Å²) in [5.74, 6) is 1.58. The van der Waals surface area contributed by atoms with Crippen LogP contribution >= 0.6 is 11.6 Å². The van der Waals surface area contributed by atoms with Crippen molar-refractivity contribution in [1.29, 1.82) is 5.26 Å². The molecule has 1 aromatic rings. The minimum atomic E-state index is 0.271. The molecule has 0 bridgehead atoms. The lowest BCUT2D eigenvalue weighted by Crippen LogP contribution is -2.33. The van der Waals surface area contributed by atoms with E-state index in [1.54, 1.807) is 0 Å². The SMILES string of the molecule is CCc1nc(Cl)c(C)c(N(CCC#N)C(C)C)n1. The van der Waals surface area contributed by atoms with Gasteiger partial charge in [-0.2, -0.15) is 5.26 Å². The van der Waals surface area contributed by atoms with Crippen LogP contribution in [0.25, 0.3) is 0 Å². The number of nitrogens with zero attached hydrogens (tertiary/aromatic N) is 4. The largest absolute Gasteiger partial charge is 0.353 e. The van der Waals surface area contributed by atoms with Gasteiger partial charge in [0.25, 0.3) is 0 Å². The first-order chi connectivity index (χ1) is 8.51. The summed E-state index contributed by atoms with van der Waals surface area (Å²) in [6.07, 6.45) is 1.22. The van der Waals surface area contributed by atoms with Crippen molar-refractivity contribution in [2.75, 3.05) is 11.4 Å². The molecule has 0 N–H and O–H groups in total. The summed E-state index contributed by atoms with van der Waals surface area (Å²) < 4.78 is 0. The van der Waals surface area contributed by atoms with E-state index in [-0.39, 0.29) is 6.04 Å². The van der Waals surface area contributed by atoms with Crippen molar-refractivity contribution in [3.8, 4) is 6.07 Å². The Morgan fingerprint density at radius 3 is 2.56 bits per heavy atom. The van der Waals surface area contributed by atoms with Gasteiger partial charge in [0.1, 0.15) is 16.8 Å². The highest BCUT2D eigenvalue weighted by Crippen LogP contribution is 2.25. The Balaban J connectivity index is 3.18. The maximum Gasteiger partial charge on any atom is 0.137 e. The molecule has 1 heterocycles. The summed E-state index contributed by atoms with van der Waals surface area (Å²) in [6.45, 7) is 8.74. The number of halogens is 1. The molecule has 0 spiro atoms. The van der Waals surface area contributed by atoms with Crippen LogP contribution in [0.15, 0.2) is 0 Å². The van der Waals surface area contributed by atoms with Crippen LogP contribution in [0, 0.1) is 18.3 Å². The van der Waals surface area contributed by atoms with E-state index in [4.69, 9.17) is 16.9 Å². The van der Waals surface area contributed by atoms with Crippen LogP contribution in [-0.4, -0.2) is 22.6 Å². The molecule has 0 atom stereocenters. The molecular weight excluding hydrogens is 248 g/mol. The molecule has 0 fully saturated rings. The lowest BCUT2D eigenvalue weighted by molar-refractivity contribution is 0.669. The van der Waals surface area contributed by atoms with Crippen molar-refractivity contribution in [2.24, 2.45) is 0 Å². The van der Waals surface area contributed by atoms with E-state index in [1.807, 2.05) is 13.8 Å². The lowest BCUT2D eigenvalue weighted by Gasteiger charge is -2.28. The molecule has 0 aromatic carbocycles. The van der Waals surface area contributed by atoms with E-state index in [2.05, 4.69) is 34.8 Å². The first-order valence-corrected chi connectivity index (χ1v) is 6.55. The van der Waals surface area contributed by atoms with Gasteiger partial charge in [-0.05, 0) is 20.8 Å². The van der Waals surface area contributed by atoms with Crippen molar-refractivity contribution in [1.82, 2.24) is 9.97 Å². The molecule has 5 heteroatoms. The minimum Gasteiger partial charge on any atom is -0.353 e. The summed E-state index contributed by atoms with van der Waals surface area (Å²) in [5.41, 5.74) is 0.875. The van der Waals surface area contributed by atoms with Crippen LogP contribution in [0.3, 0.4) is 0 Å². The van der Waals surface area contributed by atoms with Gasteiger partial charge in [-0.3, -0.25) is 0 Å². The van der Waals surface area contributed by atoms with Crippen molar-refractivity contribution < 1.29 is 0 Å². The van der Waals surface area contributed by atoms with Gasteiger partial charge in [-0.1, -0.05) is 18.5 Å². The summed E-state index contributed by atoms with van der Waals surface area (Å²) in [6, 6.07) is 2.44. The van der Waals surface area contributed by atoms with Crippen molar-refractivity contribution in [2.45, 2.75) is 46.6 Å². The fourth-order valence-electron chi connectivity index (χ4n) is 1.74. The van der Waals surface area contributed by atoms with Crippen LogP contribution < -0.4 is 4.90 Å². The van der Waals surface area contributed by atoms with Crippen molar-refractivity contribution >= 4 is 17.4 Å². The van der Waals surface area contributed by atoms with Gasteiger partial charge in [0.05, 0.1) is 12.5 Å². The Labute approximate surface area is 114 Å². The lowest BCUT2D eigenvalue weighted by atomic mass is 10.2. The van der Waals surface area contributed by atoms with E-state index in [1.165, 1.54) is 0 Å². The predicted octanol–water partition coefficient (Wildman–Crippen LogP) is 3.13. The number of aryl methyl sites for hydroxylation is 1. The number of anilines is 1. The van der Waals surface area contributed by atoms with Gasteiger partial charge < -0.3 is 4.90 Å². The average molecular weight is 267 g/mol. The summed E-state index contributed by atoms with van der Waals surface area (Å²) in [5, 5.41) is 9.23. The van der Waals surface area contributed by atoms with E-state index >= 15 is 0 Å². The monoisotopic (exact) mass is 266 g/mol. The normalized spacial score (nSPS) is 10.5. The third kappa shape index (κ3) is 3.33. The zero-order chi connectivity index (χ0) is 13.7. The first-order valence-electron chi connectivity index (χ1n) is 6.17. The number of aromatic nitrogens is 2. The molecule has 0 aliphatic rings. The van der Waals surface area contributed by atoms with Crippen molar-refractivity contribution in [3.63, 3.8) is 0 Å². The van der Waals surface area contributed by atoms with E-state index in [0.29, 0.717) is 18.1 Å². The zero-order valence-electron chi connectivity index (χ0n) is 11.4. The van der Waals surface area contributed by atoms with Gasteiger partial charge in [0.2, 0.25) is 0 Å².